The van der Waals surface area contributed by atoms with Crippen LogP contribution in [0.1, 0.15) is 22.6 Å². The van der Waals surface area contributed by atoms with Crippen LogP contribution in [0.4, 0.5) is 0 Å². The molecule has 0 saturated carbocycles. The number of nitrogens with zero attached hydrogens (tertiary/aromatic N) is 3. The van der Waals surface area contributed by atoms with Gasteiger partial charge >= 0.3 is 11.9 Å². The normalized spacial score (nSPS) is 15.6. The number of nitriles is 2. The number of ether oxygens (including phenoxy) is 2. The van der Waals surface area contributed by atoms with Crippen LogP contribution in [-0.2, 0) is 25.6 Å². The first-order chi connectivity index (χ1) is 15.5. The number of methoxy groups -OCH3 is 2. The second kappa shape index (κ2) is 9.50. The van der Waals surface area contributed by atoms with Crippen molar-refractivity contribution in [1.29, 1.82) is 10.5 Å². The van der Waals surface area contributed by atoms with E-state index < -0.39 is 17.9 Å². The van der Waals surface area contributed by atoms with Crippen LogP contribution in [0, 0.1) is 22.7 Å². The molecule has 2 N–H and O–H groups in total. The molecule has 8 nitrogen and oxygen atoms in total. The van der Waals surface area contributed by atoms with Crippen molar-refractivity contribution in [3.8, 4) is 12.1 Å². The molecule has 0 aromatic heterocycles. The molecule has 1 unspecified atom stereocenters. The third-order valence-corrected chi connectivity index (χ3v) is 5.13. The third-order valence-electron chi connectivity index (χ3n) is 5.13. The molecule has 0 fully saturated rings. The Bertz CT molecular complexity index is 1190. The summed E-state index contributed by atoms with van der Waals surface area (Å²) in [4.78, 5) is 27.2. The van der Waals surface area contributed by atoms with E-state index >= 15 is 0 Å². The van der Waals surface area contributed by atoms with Crippen molar-refractivity contribution in [2.24, 2.45) is 5.73 Å². The smallest absolute Gasteiger partial charge is 0.355 e. The van der Waals surface area contributed by atoms with Crippen LogP contribution in [0.3, 0.4) is 0 Å². The van der Waals surface area contributed by atoms with E-state index in [-0.39, 0.29) is 29.2 Å². The lowest BCUT2D eigenvalue weighted by Gasteiger charge is -2.36. The minimum Gasteiger partial charge on any atom is -0.466 e. The number of rotatable bonds is 5. The second-order valence-corrected chi connectivity index (χ2v) is 6.89. The molecule has 1 heterocycles. The summed E-state index contributed by atoms with van der Waals surface area (Å²) in [5.41, 5.74) is 8.01. The van der Waals surface area contributed by atoms with Crippen LogP contribution in [0.5, 0.6) is 0 Å². The number of hydrogen-bond donors (Lipinski definition) is 1. The zero-order chi connectivity index (χ0) is 23.3. The van der Waals surface area contributed by atoms with E-state index in [2.05, 4.69) is 6.07 Å². The summed E-state index contributed by atoms with van der Waals surface area (Å²) in [6.07, 6.45) is 0. The monoisotopic (exact) mass is 428 g/mol. The molecule has 0 amide bonds. The highest BCUT2D eigenvalue weighted by Gasteiger charge is 2.42. The maximum atomic E-state index is 12.9. The molecule has 8 heteroatoms. The first-order valence-corrected chi connectivity index (χ1v) is 9.58. The maximum Gasteiger partial charge on any atom is 0.355 e. The van der Waals surface area contributed by atoms with Gasteiger partial charge in [0, 0.05) is 6.54 Å². The molecular weight excluding hydrogens is 408 g/mol. The van der Waals surface area contributed by atoms with E-state index in [4.69, 9.17) is 20.5 Å². The zero-order valence-electron chi connectivity index (χ0n) is 17.5. The molecule has 1 aliphatic rings. The Hall–Kier alpha value is -4.56. The van der Waals surface area contributed by atoms with E-state index in [1.807, 2.05) is 36.4 Å². The summed E-state index contributed by atoms with van der Waals surface area (Å²) in [6, 6.07) is 19.6. The minimum absolute atomic E-state index is 0.0266. The van der Waals surface area contributed by atoms with Gasteiger partial charge in [0.15, 0.2) is 0 Å². The van der Waals surface area contributed by atoms with E-state index in [1.54, 1.807) is 24.3 Å². The average molecular weight is 428 g/mol. The summed E-state index contributed by atoms with van der Waals surface area (Å²) in [5, 5.41) is 19.1. The van der Waals surface area contributed by atoms with Gasteiger partial charge in [-0.1, -0.05) is 42.5 Å². The van der Waals surface area contributed by atoms with Crippen LogP contribution in [-0.4, -0.2) is 31.1 Å². The lowest BCUT2D eigenvalue weighted by Crippen LogP contribution is -2.40. The first kappa shape index (κ1) is 22.1. The molecule has 0 radical (unpaired) electrons. The SMILES string of the molecule is COC(=O)C1=C(C(=O)OC)N(Cc2ccccc2)C(N)=C(C#N)C1c1ccc(C#N)cc1. The number of carbonyl (C=O) groups is 2. The highest BCUT2D eigenvalue weighted by Crippen LogP contribution is 2.42. The van der Waals surface area contributed by atoms with Gasteiger partial charge in [-0.2, -0.15) is 10.5 Å². The quantitative estimate of drug-likeness (QED) is 0.719. The fraction of sp³-hybridized carbons (Fsp3) is 0.167. The molecular formula is C24H20N4O4. The van der Waals surface area contributed by atoms with Crippen LogP contribution in [0.15, 0.2) is 77.3 Å². The Morgan fingerprint density at radius 1 is 0.969 bits per heavy atom. The van der Waals surface area contributed by atoms with E-state index in [1.165, 1.54) is 19.1 Å². The van der Waals surface area contributed by atoms with Gasteiger partial charge in [0.05, 0.1) is 49.0 Å². The molecule has 0 spiro atoms. The Kier molecular flexibility index (Phi) is 6.57. The number of benzene rings is 2. The number of nitrogens with two attached hydrogens (primary N) is 1. The maximum absolute atomic E-state index is 12.9. The topological polar surface area (TPSA) is 129 Å². The molecule has 2 aromatic carbocycles. The van der Waals surface area contributed by atoms with Crippen molar-refractivity contribution in [3.05, 3.63) is 94.0 Å². The Labute approximate surface area is 185 Å². The van der Waals surface area contributed by atoms with Crippen LogP contribution in [0.25, 0.3) is 0 Å². The number of hydrogen-bond acceptors (Lipinski definition) is 8. The van der Waals surface area contributed by atoms with Crippen LogP contribution in [0.2, 0.25) is 0 Å². The van der Waals surface area contributed by atoms with Crippen molar-refractivity contribution >= 4 is 11.9 Å². The van der Waals surface area contributed by atoms with Gasteiger partial charge in [0.2, 0.25) is 0 Å². The van der Waals surface area contributed by atoms with Crippen molar-refractivity contribution in [3.63, 3.8) is 0 Å². The lowest BCUT2D eigenvalue weighted by molar-refractivity contribution is -0.141. The molecule has 3 rings (SSSR count). The Balaban J connectivity index is 2.29. The fourth-order valence-electron chi connectivity index (χ4n) is 3.62. The number of esters is 2. The Morgan fingerprint density at radius 3 is 2.12 bits per heavy atom. The van der Waals surface area contributed by atoms with Gasteiger partial charge < -0.3 is 20.1 Å². The standard InChI is InChI=1S/C24H20N4O4/c1-31-23(29)20-19(17-10-8-15(12-25)9-11-17)18(13-26)22(27)28(21(20)24(30)32-2)14-16-6-4-3-5-7-16/h3-11,19H,14,27H2,1-2H3. The lowest BCUT2D eigenvalue weighted by atomic mass is 9.80. The average Bonchev–Trinajstić information content (AvgIpc) is 2.84. The summed E-state index contributed by atoms with van der Waals surface area (Å²) < 4.78 is 9.95. The summed E-state index contributed by atoms with van der Waals surface area (Å²) >= 11 is 0. The van der Waals surface area contributed by atoms with Crippen LogP contribution < -0.4 is 5.73 Å². The number of carbonyl (C=O) groups excluding carboxylic acids is 2. The van der Waals surface area contributed by atoms with Crippen molar-refractivity contribution < 1.29 is 19.1 Å². The molecule has 32 heavy (non-hydrogen) atoms. The van der Waals surface area contributed by atoms with Gasteiger partial charge in [0.25, 0.3) is 0 Å². The van der Waals surface area contributed by atoms with Crippen molar-refractivity contribution in [1.82, 2.24) is 4.90 Å². The van der Waals surface area contributed by atoms with Gasteiger partial charge in [-0.3, -0.25) is 0 Å². The van der Waals surface area contributed by atoms with E-state index in [0.29, 0.717) is 11.1 Å². The molecule has 0 saturated heterocycles. The van der Waals surface area contributed by atoms with E-state index in [0.717, 1.165) is 5.56 Å². The largest absolute Gasteiger partial charge is 0.466 e. The fourth-order valence-corrected chi connectivity index (χ4v) is 3.62. The highest BCUT2D eigenvalue weighted by atomic mass is 16.5. The number of allylic oxidation sites excluding steroid dienone is 1. The summed E-state index contributed by atoms with van der Waals surface area (Å²) in [5.74, 6) is -2.53. The molecule has 0 bridgehead atoms. The summed E-state index contributed by atoms with van der Waals surface area (Å²) in [7, 11) is 2.39. The van der Waals surface area contributed by atoms with Gasteiger partial charge in [-0.15, -0.1) is 0 Å². The van der Waals surface area contributed by atoms with Crippen LogP contribution >= 0.6 is 0 Å². The molecule has 0 aliphatic carbocycles. The zero-order valence-corrected chi connectivity index (χ0v) is 17.5. The molecule has 1 aliphatic heterocycles. The van der Waals surface area contributed by atoms with Gasteiger partial charge in [-0.25, -0.2) is 9.59 Å². The van der Waals surface area contributed by atoms with Crippen molar-refractivity contribution in [2.45, 2.75) is 12.5 Å². The molecule has 1 atom stereocenters. The van der Waals surface area contributed by atoms with Gasteiger partial charge in [0.1, 0.15) is 11.5 Å². The van der Waals surface area contributed by atoms with E-state index in [9.17, 15) is 14.9 Å². The predicted molar refractivity (Wildman–Crippen MR) is 114 cm³/mol. The second-order valence-electron chi connectivity index (χ2n) is 6.89. The molecule has 160 valence electrons. The highest BCUT2D eigenvalue weighted by molar-refractivity contribution is 6.02. The minimum atomic E-state index is -0.971. The summed E-state index contributed by atoms with van der Waals surface area (Å²) in [6.45, 7) is 0.128. The third kappa shape index (κ3) is 4.03. The Morgan fingerprint density at radius 2 is 1.59 bits per heavy atom. The predicted octanol–water partition coefficient (Wildman–Crippen LogP) is 2.45. The first-order valence-electron chi connectivity index (χ1n) is 9.58. The van der Waals surface area contributed by atoms with Gasteiger partial charge in [-0.05, 0) is 23.3 Å². The molecule has 2 aromatic rings. The van der Waals surface area contributed by atoms with Crippen molar-refractivity contribution in [2.75, 3.05) is 14.2 Å².